The third-order valence-electron chi connectivity index (χ3n) is 8.66. The first kappa shape index (κ1) is 21.4. The van der Waals surface area contributed by atoms with Crippen LogP contribution in [-0.2, 0) is 14.4 Å². The number of halogens is 1. The second kappa shape index (κ2) is 7.11. The molecule has 0 radical (unpaired) electrons. The number of hydrogen-bond donors (Lipinski definition) is 2. The number of fused-ring (bicyclic) bond motifs is 5. The number of nitrogens with one attached hydrogen (secondary N) is 1. The van der Waals surface area contributed by atoms with Crippen LogP contribution in [0.25, 0.3) is 0 Å². The molecule has 3 saturated carbocycles. The first-order valence-corrected chi connectivity index (χ1v) is 11.1. The van der Waals surface area contributed by atoms with Crippen molar-refractivity contribution in [2.24, 2.45) is 40.4 Å². The van der Waals surface area contributed by atoms with Gasteiger partial charge in [-0.1, -0.05) is 26.8 Å². The van der Waals surface area contributed by atoms with Crippen molar-refractivity contribution in [3.63, 3.8) is 0 Å². The van der Waals surface area contributed by atoms with Gasteiger partial charge in [-0.25, -0.2) is 4.39 Å². The van der Waals surface area contributed by atoms with E-state index in [0.29, 0.717) is 18.5 Å². The Kier molecular flexibility index (Phi) is 5.08. The molecule has 164 valence electrons. The monoisotopic (exact) mass is 417 g/mol. The highest BCUT2D eigenvalue weighted by atomic mass is 19.1. The quantitative estimate of drug-likeness (QED) is 0.692. The van der Waals surface area contributed by atoms with Gasteiger partial charge in [0.1, 0.15) is 6.17 Å². The first-order valence-electron chi connectivity index (χ1n) is 11.1. The molecule has 0 aromatic heterocycles. The fourth-order valence-corrected chi connectivity index (χ4v) is 7.65. The first-order chi connectivity index (χ1) is 14.0. The van der Waals surface area contributed by atoms with E-state index in [4.69, 9.17) is 0 Å². The average Bonchev–Trinajstić information content (AvgIpc) is 2.92. The lowest BCUT2D eigenvalue weighted by atomic mass is 9.46. The van der Waals surface area contributed by atoms with Crippen LogP contribution in [-0.4, -0.2) is 41.4 Å². The lowest BCUT2D eigenvalue weighted by Gasteiger charge is -2.59. The topological polar surface area (TPSA) is 83.5 Å². The summed E-state index contributed by atoms with van der Waals surface area (Å²) in [4.78, 5) is 37.3. The molecule has 6 heteroatoms. The van der Waals surface area contributed by atoms with Crippen LogP contribution in [0.4, 0.5) is 4.39 Å². The Bertz CT molecular complexity index is 850. The van der Waals surface area contributed by atoms with Gasteiger partial charge in [-0.3, -0.25) is 14.4 Å². The summed E-state index contributed by atoms with van der Waals surface area (Å²) >= 11 is 0. The van der Waals surface area contributed by atoms with Gasteiger partial charge in [-0.2, -0.15) is 0 Å². The van der Waals surface area contributed by atoms with Crippen LogP contribution < -0.4 is 5.32 Å². The Balaban J connectivity index is 1.72. The van der Waals surface area contributed by atoms with E-state index < -0.39 is 40.7 Å². The van der Waals surface area contributed by atoms with Crippen LogP contribution in [0.2, 0.25) is 0 Å². The van der Waals surface area contributed by atoms with Crippen LogP contribution >= 0.6 is 0 Å². The van der Waals surface area contributed by atoms with Crippen LogP contribution in [0.3, 0.4) is 0 Å². The average molecular weight is 418 g/mol. The number of carbonyl (C=O) groups excluding carboxylic acids is 3. The number of hydrogen-bond acceptors (Lipinski definition) is 4. The Morgan fingerprint density at radius 1 is 1.30 bits per heavy atom. The van der Waals surface area contributed by atoms with E-state index in [2.05, 4.69) is 5.32 Å². The number of rotatable bonds is 3. The van der Waals surface area contributed by atoms with Crippen molar-refractivity contribution in [3.05, 3.63) is 23.8 Å². The summed E-state index contributed by atoms with van der Waals surface area (Å²) in [6.45, 7) is 8.09. The lowest BCUT2D eigenvalue weighted by Crippen LogP contribution is -2.58. The van der Waals surface area contributed by atoms with Gasteiger partial charge in [0.05, 0.1) is 6.10 Å². The molecule has 1 amide bonds. The summed E-state index contributed by atoms with van der Waals surface area (Å²) in [5, 5.41) is 13.9. The smallest absolute Gasteiger partial charge is 0.287 e. The normalized spacial score (nSPS) is 47.1. The molecule has 4 aliphatic carbocycles. The zero-order valence-corrected chi connectivity index (χ0v) is 18.2. The summed E-state index contributed by atoms with van der Waals surface area (Å²) in [5.41, 5.74) is -0.782. The van der Waals surface area contributed by atoms with Gasteiger partial charge < -0.3 is 10.4 Å². The van der Waals surface area contributed by atoms with Crippen molar-refractivity contribution in [3.8, 4) is 0 Å². The molecule has 0 aromatic rings. The zero-order chi connectivity index (χ0) is 22.0. The molecule has 4 rings (SSSR count). The molecule has 0 heterocycles. The highest BCUT2D eigenvalue weighted by Crippen LogP contribution is 2.67. The van der Waals surface area contributed by atoms with E-state index in [9.17, 15) is 19.5 Å². The van der Waals surface area contributed by atoms with Gasteiger partial charge in [0, 0.05) is 23.8 Å². The molecule has 0 aromatic carbocycles. The highest BCUT2D eigenvalue weighted by Gasteiger charge is 2.65. The number of likely N-dealkylation sites (N-methyl/N-ethyl adjacent to an activating group) is 1. The molecule has 9 atom stereocenters. The third kappa shape index (κ3) is 2.86. The van der Waals surface area contributed by atoms with Crippen LogP contribution in [0.5, 0.6) is 0 Å². The summed E-state index contributed by atoms with van der Waals surface area (Å²) in [6.07, 6.45) is 4.08. The molecular weight excluding hydrogens is 385 g/mol. The molecule has 2 N–H and O–H groups in total. The number of Topliss-reactive ketones (excluding diaryl/α,β-unsaturated/α-hetero) is 1. The van der Waals surface area contributed by atoms with Crippen molar-refractivity contribution >= 4 is 17.5 Å². The maximum absolute atomic E-state index is 15.3. The van der Waals surface area contributed by atoms with Gasteiger partial charge in [-0.05, 0) is 67.1 Å². The molecule has 30 heavy (non-hydrogen) atoms. The van der Waals surface area contributed by atoms with Crippen LogP contribution in [0.15, 0.2) is 23.8 Å². The predicted octanol–water partition coefficient (Wildman–Crippen LogP) is 2.78. The standard InChI is InChI=1S/C24H32FNO4/c1-5-26-22(30)21(29)19-12(2)8-15-14-10-17(25)16-9-13(27)6-7-23(16,3)20(14)18(28)11-24(15,19)4/h6-7,9,12,14-15,17-20,28H,5,8,10-11H2,1-4H3,(H,26,30)/t12-,14+,15+,17+,18+,19-,20-,23+,24+/m1/s1. The number of allylic oxidation sites excluding steroid dienone is 4. The van der Waals surface area contributed by atoms with E-state index in [1.165, 1.54) is 12.2 Å². The number of ketones is 2. The van der Waals surface area contributed by atoms with Crippen molar-refractivity contribution in [1.82, 2.24) is 5.32 Å². The molecule has 0 spiro atoms. The maximum atomic E-state index is 15.3. The number of alkyl halides is 1. The minimum absolute atomic E-state index is 0.00709. The van der Waals surface area contributed by atoms with E-state index in [1.54, 1.807) is 13.0 Å². The Morgan fingerprint density at radius 2 is 2.00 bits per heavy atom. The van der Waals surface area contributed by atoms with Crippen LogP contribution in [0.1, 0.15) is 47.0 Å². The Labute approximate surface area is 177 Å². The molecule has 4 aliphatic rings. The van der Waals surface area contributed by atoms with E-state index >= 15 is 4.39 Å². The summed E-state index contributed by atoms with van der Waals surface area (Å²) in [5.74, 6) is -1.93. The SMILES string of the molecule is CCNC(=O)C(=O)[C@H]1[C@H](C)C[C@H]2[C@@H]3C[C@H](F)C4=CC(=O)C=C[C@]4(C)[C@H]3[C@@H](O)C[C@@]21C. The Morgan fingerprint density at radius 3 is 2.67 bits per heavy atom. The van der Waals surface area contributed by atoms with Crippen molar-refractivity contribution in [2.45, 2.75) is 59.2 Å². The maximum Gasteiger partial charge on any atom is 0.287 e. The zero-order valence-electron chi connectivity index (χ0n) is 18.2. The number of aliphatic hydroxyl groups excluding tert-OH is 1. The molecule has 0 saturated heterocycles. The van der Waals surface area contributed by atoms with Gasteiger partial charge in [-0.15, -0.1) is 0 Å². The van der Waals surface area contributed by atoms with E-state index in [0.717, 1.165) is 6.42 Å². The summed E-state index contributed by atoms with van der Waals surface area (Å²) in [7, 11) is 0. The second-order valence-electron chi connectivity index (χ2n) is 10.3. The summed E-state index contributed by atoms with van der Waals surface area (Å²) in [6, 6.07) is 0. The second-order valence-corrected chi connectivity index (χ2v) is 10.3. The molecule has 0 unspecified atom stereocenters. The fourth-order valence-electron chi connectivity index (χ4n) is 7.65. The largest absolute Gasteiger partial charge is 0.393 e. The molecular formula is C24H32FNO4. The van der Waals surface area contributed by atoms with Gasteiger partial charge in [0.15, 0.2) is 5.78 Å². The number of carbonyl (C=O) groups is 3. The highest BCUT2D eigenvalue weighted by molar-refractivity contribution is 6.37. The van der Waals surface area contributed by atoms with Crippen molar-refractivity contribution in [2.75, 3.05) is 6.54 Å². The van der Waals surface area contributed by atoms with Gasteiger partial charge in [0.25, 0.3) is 5.91 Å². The Hall–Kier alpha value is -1.82. The third-order valence-corrected chi connectivity index (χ3v) is 8.66. The van der Waals surface area contributed by atoms with Crippen LogP contribution in [0, 0.1) is 40.4 Å². The number of amides is 1. The minimum atomic E-state index is -1.24. The molecule has 0 aliphatic heterocycles. The summed E-state index contributed by atoms with van der Waals surface area (Å²) < 4.78 is 15.3. The lowest BCUT2D eigenvalue weighted by molar-refractivity contribution is -0.151. The van der Waals surface area contributed by atoms with Crippen molar-refractivity contribution in [1.29, 1.82) is 0 Å². The molecule has 0 bridgehead atoms. The van der Waals surface area contributed by atoms with Crippen molar-refractivity contribution < 1.29 is 23.9 Å². The minimum Gasteiger partial charge on any atom is -0.393 e. The molecule has 5 nitrogen and oxygen atoms in total. The number of aliphatic hydroxyl groups is 1. The van der Waals surface area contributed by atoms with Gasteiger partial charge in [0.2, 0.25) is 5.78 Å². The van der Waals surface area contributed by atoms with Gasteiger partial charge >= 0.3 is 0 Å². The molecule has 3 fully saturated rings. The fraction of sp³-hybridized carbons (Fsp3) is 0.708. The van der Waals surface area contributed by atoms with E-state index in [-0.39, 0.29) is 35.9 Å². The predicted molar refractivity (Wildman–Crippen MR) is 110 cm³/mol. The van der Waals surface area contributed by atoms with E-state index in [1.807, 2.05) is 20.8 Å².